The Labute approximate surface area is 139 Å². The molecule has 1 N–H and O–H groups in total. The number of hydrogen-bond donors (Lipinski definition) is 1. The Balaban J connectivity index is 1.69. The van der Waals surface area contributed by atoms with Crippen molar-refractivity contribution in [3.8, 4) is 0 Å². The molecule has 1 saturated heterocycles. The van der Waals surface area contributed by atoms with Crippen LogP contribution in [0.5, 0.6) is 0 Å². The molecule has 0 unspecified atom stereocenters. The van der Waals surface area contributed by atoms with Crippen LogP contribution in [0.15, 0.2) is 47.1 Å². The number of benzene rings is 1. The van der Waals surface area contributed by atoms with E-state index in [4.69, 9.17) is 4.42 Å². The Morgan fingerprint density at radius 3 is 2.74 bits per heavy atom. The van der Waals surface area contributed by atoms with E-state index >= 15 is 0 Å². The van der Waals surface area contributed by atoms with E-state index in [0.717, 1.165) is 30.4 Å². The summed E-state index contributed by atoms with van der Waals surface area (Å²) in [4.78, 5) is 14.5. The van der Waals surface area contributed by atoms with Gasteiger partial charge in [0, 0.05) is 31.1 Å². The Hall–Kier alpha value is -1.79. The SMILES string of the molecule is O=C(NC[C@H](c1ccco1)N1CCSCC1)c1ccccc1F. The fraction of sp³-hybridized carbons (Fsp3) is 0.353. The van der Waals surface area contributed by atoms with Crippen LogP contribution in [-0.4, -0.2) is 41.9 Å². The number of thioether (sulfide) groups is 1. The molecule has 23 heavy (non-hydrogen) atoms. The van der Waals surface area contributed by atoms with Crippen molar-refractivity contribution in [2.75, 3.05) is 31.1 Å². The lowest BCUT2D eigenvalue weighted by Gasteiger charge is -2.33. The predicted octanol–water partition coefficient (Wildman–Crippen LogP) is 2.94. The number of nitrogens with zero attached hydrogens (tertiary/aromatic N) is 1. The zero-order valence-electron chi connectivity index (χ0n) is 12.7. The molecular formula is C17H19FN2O2S. The lowest BCUT2D eigenvalue weighted by Crippen LogP contribution is -2.42. The number of carbonyl (C=O) groups is 1. The minimum Gasteiger partial charge on any atom is -0.468 e. The smallest absolute Gasteiger partial charge is 0.254 e. The van der Waals surface area contributed by atoms with Crippen LogP contribution in [0.2, 0.25) is 0 Å². The maximum atomic E-state index is 13.7. The number of furan rings is 1. The second-order valence-electron chi connectivity index (χ2n) is 5.37. The van der Waals surface area contributed by atoms with Gasteiger partial charge in [0.1, 0.15) is 11.6 Å². The van der Waals surface area contributed by atoms with Gasteiger partial charge >= 0.3 is 0 Å². The Morgan fingerprint density at radius 2 is 2.04 bits per heavy atom. The molecule has 0 spiro atoms. The molecule has 0 saturated carbocycles. The summed E-state index contributed by atoms with van der Waals surface area (Å²) < 4.78 is 19.2. The summed E-state index contributed by atoms with van der Waals surface area (Å²) in [7, 11) is 0. The van der Waals surface area contributed by atoms with Gasteiger partial charge in [0.05, 0.1) is 17.9 Å². The van der Waals surface area contributed by atoms with Gasteiger partial charge in [-0.25, -0.2) is 4.39 Å². The van der Waals surface area contributed by atoms with Crippen molar-refractivity contribution in [1.29, 1.82) is 0 Å². The second-order valence-corrected chi connectivity index (χ2v) is 6.59. The maximum Gasteiger partial charge on any atom is 0.254 e. The lowest BCUT2D eigenvalue weighted by molar-refractivity contribution is 0.0925. The standard InChI is InChI=1S/C17H19FN2O2S/c18-14-5-2-1-4-13(14)17(21)19-12-15(16-6-3-9-22-16)20-7-10-23-11-8-20/h1-6,9,15H,7-8,10-12H2,(H,19,21)/t15-/m1/s1. The van der Waals surface area contributed by atoms with E-state index in [1.165, 1.54) is 12.1 Å². The van der Waals surface area contributed by atoms with Crippen molar-refractivity contribution in [2.24, 2.45) is 0 Å². The first kappa shape index (κ1) is 16.1. The first-order chi connectivity index (χ1) is 11.3. The molecule has 2 aromatic rings. The molecule has 122 valence electrons. The topological polar surface area (TPSA) is 45.5 Å². The summed E-state index contributed by atoms with van der Waals surface area (Å²) in [6.45, 7) is 2.29. The third kappa shape index (κ3) is 3.95. The number of rotatable bonds is 5. The average molecular weight is 334 g/mol. The molecule has 1 atom stereocenters. The van der Waals surface area contributed by atoms with Gasteiger partial charge in [0.25, 0.3) is 5.91 Å². The number of hydrogen-bond acceptors (Lipinski definition) is 4. The van der Waals surface area contributed by atoms with Gasteiger partial charge in [-0.3, -0.25) is 9.69 Å². The number of halogens is 1. The first-order valence-electron chi connectivity index (χ1n) is 7.63. The van der Waals surface area contributed by atoms with Crippen molar-refractivity contribution < 1.29 is 13.6 Å². The third-order valence-electron chi connectivity index (χ3n) is 3.93. The zero-order valence-corrected chi connectivity index (χ0v) is 13.5. The first-order valence-corrected chi connectivity index (χ1v) is 8.79. The summed E-state index contributed by atoms with van der Waals surface area (Å²) in [5.74, 6) is 2.06. The highest BCUT2D eigenvalue weighted by molar-refractivity contribution is 7.99. The molecule has 1 aliphatic rings. The minimum atomic E-state index is -0.506. The molecular weight excluding hydrogens is 315 g/mol. The Kier molecular flexibility index (Phi) is 5.35. The van der Waals surface area contributed by atoms with Crippen LogP contribution in [-0.2, 0) is 0 Å². The van der Waals surface area contributed by atoms with Gasteiger partial charge in [0.2, 0.25) is 0 Å². The summed E-state index contributed by atoms with van der Waals surface area (Å²) >= 11 is 1.93. The van der Waals surface area contributed by atoms with E-state index in [1.807, 2.05) is 23.9 Å². The van der Waals surface area contributed by atoms with Crippen molar-refractivity contribution in [2.45, 2.75) is 6.04 Å². The van der Waals surface area contributed by atoms with Crippen LogP contribution >= 0.6 is 11.8 Å². The molecule has 1 aliphatic heterocycles. The Morgan fingerprint density at radius 1 is 1.26 bits per heavy atom. The fourth-order valence-corrected chi connectivity index (χ4v) is 3.64. The third-order valence-corrected chi connectivity index (χ3v) is 4.88. The highest BCUT2D eigenvalue weighted by atomic mass is 32.2. The van der Waals surface area contributed by atoms with Crippen LogP contribution in [0.4, 0.5) is 4.39 Å². The van der Waals surface area contributed by atoms with E-state index in [0.29, 0.717) is 6.54 Å². The van der Waals surface area contributed by atoms with E-state index in [1.54, 1.807) is 18.4 Å². The van der Waals surface area contributed by atoms with Crippen LogP contribution in [0.3, 0.4) is 0 Å². The molecule has 1 aromatic heterocycles. The zero-order chi connectivity index (χ0) is 16.1. The maximum absolute atomic E-state index is 13.7. The van der Waals surface area contributed by atoms with Gasteiger partial charge in [-0.05, 0) is 24.3 Å². The number of nitrogens with one attached hydrogen (secondary N) is 1. The predicted molar refractivity (Wildman–Crippen MR) is 89.1 cm³/mol. The van der Waals surface area contributed by atoms with Gasteiger partial charge in [-0.2, -0.15) is 11.8 Å². The van der Waals surface area contributed by atoms with Crippen molar-refractivity contribution in [3.05, 3.63) is 59.8 Å². The van der Waals surface area contributed by atoms with Crippen LogP contribution in [0.25, 0.3) is 0 Å². The van der Waals surface area contributed by atoms with Crippen molar-refractivity contribution in [3.63, 3.8) is 0 Å². The van der Waals surface area contributed by atoms with Crippen molar-refractivity contribution >= 4 is 17.7 Å². The van der Waals surface area contributed by atoms with Gasteiger partial charge < -0.3 is 9.73 Å². The normalized spacial score (nSPS) is 16.9. The van der Waals surface area contributed by atoms with Crippen LogP contribution in [0.1, 0.15) is 22.2 Å². The molecule has 0 bridgehead atoms. The second kappa shape index (κ2) is 7.66. The molecule has 1 amide bonds. The molecule has 6 heteroatoms. The molecule has 2 heterocycles. The van der Waals surface area contributed by atoms with Gasteiger partial charge in [-0.1, -0.05) is 12.1 Å². The molecule has 0 radical (unpaired) electrons. The summed E-state index contributed by atoms with van der Waals surface area (Å²) in [6.07, 6.45) is 1.64. The van der Waals surface area contributed by atoms with Crippen molar-refractivity contribution in [1.82, 2.24) is 10.2 Å². The summed E-state index contributed by atoms with van der Waals surface area (Å²) in [6, 6.07) is 9.75. The van der Waals surface area contributed by atoms with Crippen LogP contribution < -0.4 is 5.32 Å². The average Bonchev–Trinajstić information content (AvgIpc) is 3.10. The highest BCUT2D eigenvalue weighted by Gasteiger charge is 2.25. The minimum absolute atomic E-state index is 0.0263. The van der Waals surface area contributed by atoms with E-state index in [-0.39, 0.29) is 11.6 Å². The molecule has 3 rings (SSSR count). The van der Waals surface area contributed by atoms with E-state index in [9.17, 15) is 9.18 Å². The highest BCUT2D eigenvalue weighted by Crippen LogP contribution is 2.24. The lowest BCUT2D eigenvalue weighted by atomic mass is 10.1. The summed E-state index contributed by atoms with van der Waals surface area (Å²) in [5, 5.41) is 2.84. The number of amides is 1. The molecule has 1 fully saturated rings. The molecule has 0 aliphatic carbocycles. The van der Waals surface area contributed by atoms with Gasteiger partial charge in [-0.15, -0.1) is 0 Å². The van der Waals surface area contributed by atoms with E-state index in [2.05, 4.69) is 10.2 Å². The quantitative estimate of drug-likeness (QED) is 0.913. The van der Waals surface area contributed by atoms with Crippen LogP contribution in [0, 0.1) is 5.82 Å². The number of carbonyl (C=O) groups excluding carboxylic acids is 1. The van der Waals surface area contributed by atoms with E-state index < -0.39 is 11.7 Å². The largest absolute Gasteiger partial charge is 0.468 e. The van der Waals surface area contributed by atoms with Gasteiger partial charge in [0.15, 0.2) is 0 Å². The summed E-state index contributed by atoms with van der Waals surface area (Å²) in [5.41, 5.74) is 0.0693. The monoisotopic (exact) mass is 334 g/mol. The molecule has 1 aromatic carbocycles. The fourth-order valence-electron chi connectivity index (χ4n) is 2.71. The molecule has 4 nitrogen and oxygen atoms in total. The Bertz CT molecular complexity index is 642.